The molecule has 4 rings (SSSR count). The fourth-order valence-electron chi connectivity index (χ4n) is 2.94. The molecule has 116 valence electrons. The Morgan fingerprint density at radius 1 is 0.708 bits per heavy atom. The number of halogens is 1. The van der Waals surface area contributed by atoms with Gasteiger partial charge in [0.2, 0.25) is 0 Å². The van der Waals surface area contributed by atoms with Crippen LogP contribution in [0.3, 0.4) is 0 Å². The van der Waals surface area contributed by atoms with Gasteiger partial charge in [-0.25, -0.2) is 9.18 Å². The number of benzene rings is 3. The van der Waals surface area contributed by atoms with E-state index in [1.807, 2.05) is 60.7 Å². The Morgan fingerprint density at radius 3 is 2.00 bits per heavy atom. The molecule has 3 aromatic carbocycles. The maximum atomic E-state index is 14.2. The van der Waals surface area contributed by atoms with Gasteiger partial charge in [0.25, 0.3) is 0 Å². The Hall–Kier alpha value is -3.20. The zero-order chi connectivity index (χ0) is 16.5. The second kappa shape index (κ2) is 5.78. The molecule has 0 saturated carbocycles. The molecular weight excluding hydrogens is 303 g/mol. The third-order valence-corrected chi connectivity index (χ3v) is 4.01. The van der Waals surface area contributed by atoms with Gasteiger partial charge in [0.15, 0.2) is 0 Å². The predicted molar refractivity (Wildman–Crippen MR) is 93.3 cm³/mol. The van der Waals surface area contributed by atoms with Gasteiger partial charge in [-0.2, -0.15) is 0 Å². The second-order valence-electron chi connectivity index (χ2n) is 5.49. The third-order valence-electron chi connectivity index (χ3n) is 4.01. The van der Waals surface area contributed by atoms with Crippen molar-refractivity contribution in [3.05, 3.63) is 95.1 Å². The summed E-state index contributed by atoms with van der Waals surface area (Å²) in [6.07, 6.45) is 0. The van der Waals surface area contributed by atoms with Crippen LogP contribution >= 0.6 is 0 Å². The highest BCUT2D eigenvalue weighted by atomic mass is 19.1. The van der Waals surface area contributed by atoms with Crippen molar-refractivity contribution in [2.75, 3.05) is 0 Å². The lowest BCUT2D eigenvalue weighted by molar-refractivity contribution is 0.530. The summed E-state index contributed by atoms with van der Waals surface area (Å²) in [5.74, 6) is -0.122. The topological polar surface area (TPSA) is 30.2 Å². The van der Waals surface area contributed by atoms with E-state index >= 15 is 0 Å². The molecule has 0 fully saturated rings. The standard InChI is InChI=1S/C21H13FO2/c22-17-13-7-12-16-18(14-8-3-1-4-9-14)20(24-21(23)19(16)17)15-10-5-2-6-11-15/h1-13H. The highest BCUT2D eigenvalue weighted by Crippen LogP contribution is 2.36. The van der Waals surface area contributed by atoms with Gasteiger partial charge < -0.3 is 4.42 Å². The molecule has 1 aromatic heterocycles. The summed E-state index contributed by atoms with van der Waals surface area (Å²) in [6.45, 7) is 0. The maximum absolute atomic E-state index is 14.2. The van der Waals surface area contributed by atoms with E-state index in [2.05, 4.69) is 0 Å². The molecule has 1 heterocycles. The van der Waals surface area contributed by atoms with Gasteiger partial charge in [-0.05, 0) is 11.6 Å². The van der Waals surface area contributed by atoms with Crippen LogP contribution in [0.4, 0.5) is 4.39 Å². The molecule has 2 nitrogen and oxygen atoms in total. The van der Waals surface area contributed by atoms with Crippen molar-refractivity contribution in [3.8, 4) is 22.5 Å². The van der Waals surface area contributed by atoms with Crippen molar-refractivity contribution in [2.24, 2.45) is 0 Å². The molecule has 0 atom stereocenters. The fraction of sp³-hybridized carbons (Fsp3) is 0. The molecule has 0 aliphatic heterocycles. The van der Waals surface area contributed by atoms with Crippen molar-refractivity contribution in [3.63, 3.8) is 0 Å². The summed E-state index contributed by atoms with van der Waals surface area (Å²) < 4.78 is 19.8. The Bertz CT molecular complexity index is 1070. The van der Waals surface area contributed by atoms with Crippen LogP contribution in [-0.2, 0) is 0 Å². The summed E-state index contributed by atoms with van der Waals surface area (Å²) in [5.41, 5.74) is 1.70. The first-order valence-electron chi connectivity index (χ1n) is 7.62. The molecule has 0 aliphatic rings. The Labute approximate surface area is 137 Å². The first-order valence-corrected chi connectivity index (χ1v) is 7.62. The highest BCUT2D eigenvalue weighted by molar-refractivity contribution is 6.01. The van der Waals surface area contributed by atoms with E-state index < -0.39 is 11.4 Å². The van der Waals surface area contributed by atoms with Gasteiger partial charge in [0.05, 0.1) is 0 Å². The molecule has 0 radical (unpaired) electrons. The van der Waals surface area contributed by atoms with E-state index in [0.717, 1.165) is 16.7 Å². The van der Waals surface area contributed by atoms with E-state index in [9.17, 15) is 9.18 Å². The van der Waals surface area contributed by atoms with Crippen molar-refractivity contribution in [1.29, 1.82) is 0 Å². The second-order valence-corrected chi connectivity index (χ2v) is 5.49. The van der Waals surface area contributed by atoms with Gasteiger partial charge in [0, 0.05) is 16.5 Å². The van der Waals surface area contributed by atoms with Gasteiger partial charge in [-0.3, -0.25) is 0 Å². The average Bonchev–Trinajstić information content (AvgIpc) is 2.63. The van der Waals surface area contributed by atoms with Crippen molar-refractivity contribution in [1.82, 2.24) is 0 Å². The number of fused-ring (bicyclic) bond motifs is 1. The minimum Gasteiger partial charge on any atom is -0.422 e. The van der Waals surface area contributed by atoms with Crippen LogP contribution in [0.2, 0.25) is 0 Å². The quantitative estimate of drug-likeness (QED) is 0.504. The van der Waals surface area contributed by atoms with E-state index in [0.29, 0.717) is 11.1 Å². The van der Waals surface area contributed by atoms with Crippen molar-refractivity contribution >= 4 is 10.8 Å². The maximum Gasteiger partial charge on any atom is 0.347 e. The summed E-state index contributed by atoms with van der Waals surface area (Å²) in [7, 11) is 0. The van der Waals surface area contributed by atoms with Crippen LogP contribution in [0.5, 0.6) is 0 Å². The molecule has 0 amide bonds. The summed E-state index contributed by atoms with van der Waals surface area (Å²) in [4.78, 5) is 12.4. The predicted octanol–water partition coefficient (Wildman–Crippen LogP) is 5.27. The van der Waals surface area contributed by atoms with Gasteiger partial charge in [-0.15, -0.1) is 0 Å². The minimum atomic E-state index is -0.665. The molecule has 0 bridgehead atoms. The fourth-order valence-corrected chi connectivity index (χ4v) is 2.94. The van der Waals surface area contributed by atoms with Crippen molar-refractivity contribution in [2.45, 2.75) is 0 Å². The van der Waals surface area contributed by atoms with Crippen molar-refractivity contribution < 1.29 is 8.81 Å². The summed E-state index contributed by atoms with van der Waals surface area (Å²) >= 11 is 0. The molecule has 4 aromatic rings. The largest absolute Gasteiger partial charge is 0.422 e. The molecule has 3 heteroatoms. The lowest BCUT2D eigenvalue weighted by Crippen LogP contribution is -2.05. The molecule has 24 heavy (non-hydrogen) atoms. The first-order chi connectivity index (χ1) is 11.8. The smallest absolute Gasteiger partial charge is 0.347 e. The van der Waals surface area contributed by atoms with Crippen LogP contribution in [0.15, 0.2) is 88.1 Å². The lowest BCUT2D eigenvalue weighted by atomic mass is 9.95. The van der Waals surface area contributed by atoms with Crippen LogP contribution in [0.1, 0.15) is 0 Å². The zero-order valence-electron chi connectivity index (χ0n) is 12.7. The van der Waals surface area contributed by atoms with Gasteiger partial charge in [-0.1, -0.05) is 72.8 Å². The number of rotatable bonds is 2. The third kappa shape index (κ3) is 2.31. The van der Waals surface area contributed by atoms with E-state index in [4.69, 9.17) is 4.42 Å². The molecule has 0 aliphatic carbocycles. The van der Waals surface area contributed by atoms with Gasteiger partial charge in [0.1, 0.15) is 17.0 Å². The normalized spacial score (nSPS) is 10.9. The summed E-state index contributed by atoms with van der Waals surface area (Å²) in [6, 6.07) is 23.6. The van der Waals surface area contributed by atoms with Crippen LogP contribution in [0, 0.1) is 5.82 Å². The first kappa shape index (κ1) is 14.4. The summed E-state index contributed by atoms with van der Waals surface area (Å²) in [5, 5.41) is 0.535. The molecule has 0 spiro atoms. The Morgan fingerprint density at radius 2 is 1.33 bits per heavy atom. The number of hydrogen-bond acceptors (Lipinski definition) is 2. The average molecular weight is 316 g/mol. The molecular formula is C21H13FO2. The molecule has 0 N–H and O–H groups in total. The minimum absolute atomic E-state index is 0.0176. The molecule has 0 unspecified atom stereocenters. The van der Waals surface area contributed by atoms with E-state index in [1.165, 1.54) is 6.07 Å². The Kier molecular flexibility index (Phi) is 3.47. The SMILES string of the molecule is O=c1oc(-c2ccccc2)c(-c2ccccc2)c2cccc(F)c12. The monoisotopic (exact) mass is 316 g/mol. The molecule has 0 saturated heterocycles. The highest BCUT2D eigenvalue weighted by Gasteiger charge is 2.18. The van der Waals surface area contributed by atoms with E-state index in [-0.39, 0.29) is 5.39 Å². The van der Waals surface area contributed by atoms with Crippen LogP contribution < -0.4 is 5.63 Å². The van der Waals surface area contributed by atoms with Crippen LogP contribution in [0.25, 0.3) is 33.2 Å². The van der Waals surface area contributed by atoms with E-state index in [1.54, 1.807) is 12.1 Å². The Balaban J connectivity index is 2.19. The van der Waals surface area contributed by atoms with Gasteiger partial charge >= 0.3 is 5.63 Å². The lowest BCUT2D eigenvalue weighted by Gasteiger charge is -2.12. The van der Waals surface area contributed by atoms with Crippen LogP contribution in [-0.4, -0.2) is 0 Å². The number of hydrogen-bond donors (Lipinski definition) is 0. The zero-order valence-corrected chi connectivity index (χ0v) is 12.7.